The van der Waals surface area contributed by atoms with Crippen LogP contribution >= 0.6 is 11.6 Å². The summed E-state index contributed by atoms with van der Waals surface area (Å²) in [6.45, 7) is 1.20. The van der Waals surface area contributed by atoms with E-state index in [4.69, 9.17) is 11.6 Å². The lowest BCUT2D eigenvalue weighted by Crippen LogP contribution is -2.29. The third-order valence-corrected chi connectivity index (χ3v) is 4.64. The Bertz CT molecular complexity index is 943. The van der Waals surface area contributed by atoms with E-state index >= 15 is 0 Å². The number of hydrogen-bond donors (Lipinski definition) is 1. The lowest BCUT2D eigenvalue weighted by molar-refractivity contribution is 0.0990. The number of anilines is 2. The molecule has 1 aromatic carbocycles. The minimum absolute atomic E-state index is 0.0419. The number of fused-ring (bicyclic) bond motifs is 1. The second-order valence-electron chi connectivity index (χ2n) is 6.08. The number of rotatable bonds is 4. The van der Waals surface area contributed by atoms with Gasteiger partial charge in [0, 0.05) is 31.2 Å². The molecular weight excluding hydrogens is 348 g/mol. The smallest absolute Gasteiger partial charge is 0.262 e. The molecule has 0 atom stereocenters. The van der Waals surface area contributed by atoms with Crippen molar-refractivity contribution in [2.45, 2.75) is 13.0 Å². The van der Waals surface area contributed by atoms with Gasteiger partial charge in [0.05, 0.1) is 5.56 Å². The van der Waals surface area contributed by atoms with Crippen LogP contribution in [0.4, 0.5) is 11.5 Å². The molecule has 0 fully saturated rings. The van der Waals surface area contributed by atoms with E-state index in [-0.39, 0.29) is 5.91 Å². The number of hydrogen-bond acceptors (Lipinski definition) is 4. The summed E-state index contributed by atoms with van der Waals surface area (Å²) in [5.74, 6) is 0.525. The van der Waals surface area contributed by atoms with Gasteiger partial charge in [-0.1, -0.05) is 35.9 Å². The van der Waals surface area contributed by atoms with Crippen molar-refractivity contribution in [2.75, 3.05) is 16.8 Å². The number of aromatic nitrogens is 2. The molecule has 0 saturated carbocycles. The number of benzene rings is 1. The van der Waals surface area contributed by atoms with Gasteiger partial charge in [-0.2, -0.15) is 0 Å². The summed E-state index contributed by atoms with van der Waals surface area (Å²) in [5.41, 5.74) is 3.71. The van der Waals surface area contributed by atoms with E-state index in [1.807, 2.05) is 29.2 Å². The summed E-state index contributed by atoms with van der Waals surface area (Å²) >= 11 is 5.82. The van der Waals surface area contributed by atoms with Gasteiger partial charge in [0.25, 0.3) is 5.91 Å². The summed E-state index contributed by atoms with van der Waals surface area (Å²) in [4.78, 5) is 23.3. The molecule has 3 aromatic rings. The molecule has 1 aliphatic rings. The van der Waals surface area contributed by atoms with Crippen LogP contribution in [0.1, 0.15) is 21.5 Å². The SMILES string of the molecule is O=C(c1cccnc1NCc1ccc(Cl)nc1)N1CCc2ccccc21. The zero-order valence-electron chi connectivity index (χ0n) is 14.0. The van der Waals surface area contributed by atoms with Gasteiger partial charge < -0.3 is 10.2 Å². The monoisotopic (exact) mass is 364 g/mol. The van der Waals surface area contributed by atoms with Gasteiger partial charge in [-0.15, -0.1) is 0 Å². The number of halogens is 1. The number of pyridine rings is 2. The van der Waals surface area contributed by atoms with Gasteiger partial charge in [-0.3, -0.25) is 4.79 Å². The molecular formula is C20H17ClN4O. The second-order valence-corrected chi connectivity index (χ2v) is 6.47. The van der Waals surface area contributed by atoms with Crippen molar-refractivity contribution in [1.29, 1.82) is 0 Å². The third kappa shape index (κ3) is 3.26. The van der Waals surface area contributed by atoms with E-state index in [9.17, 15) is 4.79 Å². The van der Waals surface area contributed by atoms with E-state index < -0.39 is 0 Å². The summed E-state index contributed by atoms with van der Waals surface area (Å²) < 4.78 is 0. The van der Waals surface area contributed by atoms with Gasteiger partial charge in [-0.25, -0.2) is 9.97 Å². The maximum absolute atomic E-state index is 13.1. The van der Waals surface area contributed by atoms with Crippen LogP contribution in [0.3, 0.4) is 0 Å². The van der Waals surface area contributed by atoms with E-state index in [0.29, 0.717) is 29.6 Å². The van der Waals surface area contributed by atoms with Crippen LogP contribution in [-0.4, -0.2) is 22.4 Å². The number of nitrogens with zero attached hydrogens (tertiary/aromatic N) is 3. The molecule has 4 rings (SSSR count). The summed E-state index contributed by atoms with van der Waals surface area (Å²) in [5, 5.41) is 3.69. The highest BCUT2D eigenvalue weighted by Gasteiger charge is 2.26. The number of para-hydroxylation sites is 1. The molecule has 1 aliphatic heterocycles. The first-order chi connectivity index (χ1) is 12.7. The lowest BCUT2D eigenvalue weighted by Gasteiger charge is -2.19. The zero-order valence-corrected chi connectivity index (χ0v) is 14.8. The summed E-state index contributed by atoms with van der Waals surface area (Å²) in [7, 11) is 0. The van der Waals surface area contributed by atoms with Gasteiger partial charge in [0.2, 0.25) is 0 Å². The molecule has 0 unspecified atom stereocenters. The molecule has 3 heterocycles. The van der Waals surface area contributed by atoms with Crippen molar-refractivity contribution in [1.82, 2.24) is 9.97 Å². The van der Waals surface area contributed by atoms with Crippen LogP contribution in [0.2, 0.25) is 5.15 Å². The fourth-order valence-corrected chi connectivity index (χ4v) is 3.22. The van der Waals surface area contributed by atoms with Crippen molar-refractivity contribution < 1.29 is 4.79 Å². The van der Waals surface area contributed by atoms with E-state index in [1.54, 1.807) is 30.6 Å². The van der Waals surface area contributed by atoms with Crippen molar-refractivity contribution in [3.8, 4) is 0 Å². The average Bonchev–Trinajstić information content (AvgIpc) is 3.11. The third-order valence-electron chi connectivity index (χ3n) is 4.42. The van der Waals surface area contributed by atoms with Crippen LogP contribution in [-0.2, 0) is 13.0 Å². The summed E-state index contributed by atoms with van der Waals surface area (Å²) in [6, 6.07) is 15.2. The first-order valence-electron chi connectivity index (χ1n) is 8.41. The van der Waals surface area contributed by atoms with Crippen molar-refractivity contribution >= 4 is 29.0 Å². The highest BCUT2D eigenvalue weighted by atomic mass is 35.5. The van der Waals surface area contributed by atoms with Crippen molar-refractivity contribution in [2.24, 2.45) is 0 Å². The Morgan fingerprint density at radius 1 is 1.12 bits per heavy atom. The van der Waals surface area contributed by atoms with Gasteiger partial charge >= 0.3 is 0 Å². The summed E-state index contributed by atoms with van der Waals surface area (Å²) in [6.07, 6.45) is 4.26. The number of nitrogens with one attached hydrogen (secondary N) is 1. The Labute approximate surface area is 156 Å². The fraction of sp³-hybridized carbons (Fsp3) is 0.150. The van der Waals surface area contributed by atoms with E-state index in [1.165, 1.54) is 5.56 Å². The van der Waals surface area contributed by atoms with Crippen LogP contribution in [0, 0.1) is 0 Å². The predicted molar refractivity (Wildman–Crippen MR) is 103 cm³/mol. The highest BCUT2D eigenvalue weighted by Crippen LogP contribution is 2.30. The lowest BCUT2D eigenvalue weighted by atomic mass is 10.1. The Morgan fingerprint density at radius 3 is 2.85 bits per heavy atom. The van der Waals surface area contributed by atoms with Crippen LogP contribution in [0.5, 0.6) is 0 Å². The Kier molecular flexibility index (Phi) is 4.54. The maximum Gasteiger partial charge on any atom is 0.262 e. The molecule has 2 aromatic heterocycles. The fourth-order valence-electron chi connectivity index (χ4n) is 3.11. The van der Waals surface area contributed by atoms with Crippen LogP contribution < -0.4 is 10.2 Å². The standard InChI is InChI=1S/C20H17ClN4O/c21-18-8-7-14(12-23-18)13-24-19-16(5-3-10-22-19)20(26)25-11-9-15-4-1-2-6-17(15)25/h1-8,10,12H,9,11,13H2,(H,22,24). The van der Waals surface area contributed by atoms with Crippen LogP contribution in [0.25, 0.3) is 0 Å². The molecule has 0 bridgehead atoms. The van der Waals surface area contributed by atoms with Crippen molar-refractivity contribution in [3.05, 3.63) is 82.8 Å². The predicted octanol–water partition coefficient (Wildman–Crippen LogP) is 3.95. The van der Waals surface area contributed by atoms with Gasteiger partial charge in [-0.05, 0) is 41.8 Å². The number of carbonyl (C=O) groups excluding carboxylic acids is 1. The molecule has 1 N–H and O–H groups in total. The number of carbonyl (C=O) groups is 1. The Morgan fingerprint density at radius 2 is 2.00 bits per heavy atom. The molecule has 26 heavy (non-hydrogen) atoms. The van der Waals surface area contributed by atoms with Gasteiger partial charge in [0.1, 0.15) is 11.0 Å². The molecule has 1 amide bonds. The molecule has 6 heteroatoms. The second kappa shape index (κ2) is 7.14. The van der Waals surface area contributed by atoms with Crippen molar-refractivity contribution in [3.63, 3.8) is 0 Å². The first-order valence-corrected chi connectivity index (χ1v) is 8.79. The Balaban J connectivity index is 1.56. The minimum atomic E-state index is -0.0419. The molecule has 130 valence electrons. The number of amides is 1. The van der Waals surface area contributed by atoms with Crippen LogP contribution in [0.15, 0.2) is 60.9 Å². The molecule has 0 spiro atoms. The maximum atomic E-state index is 13.1. The Hall–Kier alpha value is -2.92. The molecule has 0 radical (unpaired) electrons. The topological polar surface area (TPSA) is 58.1 Å². The highest BCUT2D eigenvalue weighted by molar-refractivity contribution is 6.29. The normalized spacial score (nSPS) is 12.7. The van der Waals surface area contributed by atoms with E-state index in [2.05, 4.69) is 21.4 Å². The largest absolute Gasteiger partial charge is 0.365 e. The zero-order chi connectivity index (χ0) is 17.9. The molecule has 0 saturated heterocycles. The first kappa shape index (κ1) is 16.5. The molecule has 0 aliphatic carbocycles. The average molecular weight is 365 g/mol. The minimum Gasteiger partial charge on any atom is -0.365 e. The molecule has 5 nitrogen and oxygen atoms in total. The quantitative estimate of drug-likeness (QED) is 0.712. The van der Waals surface area contributed by atoms with Gasteiger partial charge in [0.15, 0.2) is 0 Å². The van der Waals surface area contributed by atoms with E-state index in [0.717, 1.165) is 17.7 Å².